The van der Waals surface area contributed by atoms with Crippen LogP contribution in [0.3, 0.4) is 0 Å². The third-order valence-corrected chi connectivity index (χ3v) is 2.55. The van der Waals surface area contributed by atoms with Crippen molar-refractivity contribution >= 4 is 11.9 Å². The van der Waals surface area contributed by atoms with Crippen LogP contribution in [-0.4, -0.2) is 74.3 Å². The number of carbonyl (C=O) groups is 1. The highest BCUT2D eigenvalue weighted by molar-refractivity contribution is 5.84. The highest BCUT2D eigenvalue weighted by atomic mass is 19.4. The first kappa shape index (κ1) is 15.5. The Kier molecular flexibility index (Phi) is 5.40. The third-order valence-electron chi connectivity index (χ3n) is 2.55. The average molecular weight is 282 g/mol. The molecular weight excluding hydrogens is 265 g/mol. The van der Waals surface area contributed by atoms with Crippen molar-refractivity contribution in [2.75, 3.05) is 46.4 Å². The number of hydrogen-bond acceptors (Lipinski definition) is 3. The summed E-state index contributed by atoms with van der Waals surface area (Å²) >= 11 is 0. The van der Waals surface area contributed by atoms with Gasteiger partial charge in [-0.3, -0.25) is 4.79 Å². The number of carbonyl (C=O) groups excluding carboxylic acids is 1. The van der Waals surface area contributed by atoms with Crippen molar-refractivity contribution in [3.8, 4) is 0 Å². The fourth-order valence-corrected chi connectivity index (χ4v) is 1.52. The van der Waals surface area contributed by atoms with Gasteiger partial charge in [0.1, 0.15) is 13.1 Å². The first-order chi connectivity index (χ1) is 8.79. The summed E-state index contributed by atoms with van der Waals surface area (Å²) in [6, 6.07) is 0. The summed E-state index contributed by atoms with van der Waals surface area (Å²) in [4.78, 5) is 17.5. The van der Waals surface area contributed by atoms with E-state index in [-0.39, 0.29) is 5.96 Å². The fourth-order valence-electron chi connectivity index (χ4n) is 1.52. The molecule has 1 aliphatic rings. The Balaban J connectivity index is 2.43. The predicted octanol–water partition coefficient (Wildman–Crippen LogP) is -0.346. The molecule has 0 radical (unpaired) electrons. The SMILES string of the molecule is CN(CC(F)(F)F)C(=O)CN=C(N)N1CCOCC1. The van der Waals surface area contributed by atoms with Crippen LogP contribution in [0.5, 0.6) is 0 Å². The normalized spacial score (nSPS) is 17.5. The molecule has 1 fully saturated rings. The zero-order chi connectivity index (χ0) is 14.5. The van der Waals surface area contributed by atoms with E-state index in [1.54, 1.807) is 4.90 Å². The molecule has 1 amide bonds. The molecule has 1 saturated heterocycles. The van der Waals surface area contributed by atoms with E-state index in [0.717, 1.165) is 7.05 Å². The molecule has 0 aromatic rings. The van der Waals surface area contributed by atoms with Gasteiger partial charge in [0.2, 0.25) is 5.91 Å². The Morgan fingerprint density at radius 2 is 2.00 bits per heavy atom. The lowest BCUT2D eigenvalue weighted by Crippen LogP contribution is -2.45. The zero-order valence-electron chi connectivity index (χ0n) is 10.6. The van der Waals surface area contributed by atoms with Gasteiger partial charge in [-0.05, 0) is 0 Å². The van der Waals surface area contributed by atoms with Crippen molar-refractivity contribution in [2.24, 2.45) is 10.7 Å². The molecule has 0 aromatic heterocycles. The molecular formula is C10H17F3N4O2. The van der Waals surface area contributed by atoms with Gasteiger partial charge in [0, 0.05) is 20.1 Å². The standard InChI is InChI=1S/C10H17F3N4O2/c1-16(7-10(11,12)13)8(18)6-15-9(14)17-2-4-19-5-3-17/h2-7H2,1H3,(H2,14,15). The third kappa shape index (κ3) is 5.77. The van der Waals surface area contributed by atoms with Crippen LogP contribution < -0.4 is 5.73 Å². The van der Waals surface area contributed by atoms with Gasteiger partial charge in [-0.25, -0.2) is 4.99 Å². The maximum absolute atomic E-state index is 12.1. The number of guanidine groups is 1. The van der Waals surface area contributed by atoms with Crippen LogP contribution in [0.1, 0.15) is 0 Å². The number of nitrogens with two attached hydrogens (primary N) is 1. The van der Waals surface area contributed by atoms with Crippen LogP contribution in [0.15, 0.2) is 4.99 Å². The highest BCUT2D eigenvalue weighted by Crippen LogP contribution is 2.15. The fraction of sp³-hybridized carbons (Fsp3) is 0.800. The van der Waals surface area contributed by atoms with Crippen LogP contribution in [0.25, 0.3) is 0 Å². The monoisotopic (exact) mass is 282 g/mol. The quantitative estimate of drug-likeness (QED) is 0.567. The molecule has 0 saturated carbocycles. The van der Waals surface area contributed by atoms with Gasteiger partial charge in [-0.15, -0.1) is 0 Å². The first-order valence-electron chi connectivity index (χ1n) is 5.73. The van der Waals surface area contributed by atoms with Crippen molar-refractivity contribution in [1.82, 2.24) is 9.80 Å². The van der Waals surface area contributed by atoms with Crippen LogP contribution in [-0.2, 0) is 9.53 Å². The number of halogens is 3. The van der Waals surface area contributed by atoms with Crippen molar-refractivity contribution in [3.63, 3.8) is 0 Å². The Bertz CT molecular complexity index is 340. The number of morpholine rings is 1. The molecule has 0 unspecified atom stereocenters. The second-order valence-electron chi connectivity index (χ2n) is 4.14. The molecule has 9 heteroatoms. The van der Waals surface area contributed by atoms with E-state index < -0.39 is 25.2 Å². The molecule has 6 nitrogen and oxygen atoms in total. The van der Waals surface area contributed by atoms with E-state index in [0.29, 0.717) is 31.2 Å². The van der Waals surface area contributed by atoms with Crippen LogP contribution in [0, 0.1) is 0 Å². The summed E-state index contributed by atoms with van der Waals surface area (Å²) < 4.78 is 41.4. The van der Waals surface area contributed by atoms with E-state index >= 15 is 0 Å². The number of aliphatic imine (C=N–C) groups is 1. The zero-order valence-corrected chi connectivity index (χ0v) is 10.6. The Morgan fingerprint density at radius 3 is 2.53 bits per heavy atom. The molecule has 19 heavy (non-hydrogen) atoms. The molecule has 1 heterocycles. The molecule has 0 atom stereocenters. The summed E-state index contributed by atoms with van der Waals surface area (Å²) in [7, 11) is 1.08. The summed E-state index contributed by atoms with van der Waals surface area (Å²) in [5, 5.41) is 0. The molecule has 0 aliphatic carbocycles. The van der Waals surface area contributed by atoms with Gasteiger partial charge >= 0.3 is 6.18 Å². The minimum atomic E-state index is -4.41. The first-order valence-corrected chi connectivity index (χ1v) is 5.73. The Morgan fingerprint density at radius 1 is 1.42 bits per heavy atom. The number of amides is 1. The Hall–Kier alpha value is -1.51. The Labute approximate surface area is 109 Å². The molecule has 2 N–H and O–H groups in total. The molecule has 0 bridgehead atoms. The average Bonchev–Trinajstić information content (AvgIpc) is 2.34. The van der Waals surface area contributed by atoms with Gasteiger partial charge in [0.05, 0.1) is 13.2 Å². The second-order valence-corrected chi connectivity index (χ2v) is 4.14. The topological polar surface area (TPSA) is 71.2 Å². The van der Waals surface area contributed by atoms with E-state index in [2.05, 4.69) is 4.99 Å². The maximum atomic E-state index is 12.1. The highest BCUT2D eigenvalue weighted by Gasteiger charge is 2.31. The summed E-state index contributed by atoms with van der Waals surface area (Å²) in [5.74, 6) is -0.578. The van der Waals surface area contributed by atoms with Crippen molar-refractivity contribution in [1.29, 1.82) is 0 Å². The lowest BCUT2D eigenvalue weighted by molar-refractivity contribution is -0.157. The predicted molar refractivity (Wildman–Crippen MR) is 62.6 cm³/mol. The van der Waals surface area contributed by atoms with E-state index in [9.17, 15) is 18.0 Å². The lowest BCUT2D eigenvalue weighted by atomic mass is 10.4. The van der Waals surface area contributed by atoms with E-state index in [1.165, 1.54) is 0 Å². The molecule has 0 spiro atoms. The van der Waals surface area contributed by atoms with Crippen molar-refractivity contribution in [3.05, 3.63) is 0 Å². The number of likely N-dealkylation sites (N-methyl/N-ethyl adjacent to an activating group) is 1. The van der Waals surface area contributed by atoms with Gasteiger partial charge in [0.25, 0.3) is 0 Å². The van der Waals surface area contributed by atoms with Crippen molar-refractivity contribution < 1.29 is 22.7 Å². The lowest BCUT2D eigenvalue weighted by Gasteiger charge is -2.27. The van der Waals surface area contributed by atoms with Crippen LogP contribution >= 0.6 is 0 Å². The number of nitrogens with zero attached hydrogens (tertiary/aromatic N) is 3. The van der Waals surface area contributed by atoms with Gasteiger partial charge in [0.15, 0.2) is 5.96 Å². The summed E-state index contributed by atoms with van der Waals surface area (Å²) in [6.45, 7) is 0.453. The molecule has 1 aliphatic heterocycles. The summed E-state index contributed by atoms with van der Waals surface area (Å²) in [5.41, 5.74) is 5.65. The number of hydrogen-bond donors (Lipinski definition) is 1. The molecule has 1 rings (SSSR count). The smallest absolute Gasteiger partial charge is 0.378 e. The summed E-state index contributed by atoms with van der Waals surface area (Å²) in [6.07, 6.45) is -4.41. The molecule has 110 valence electrons. The van der Waals surface area contributed by atoms with E-state index in [4.69, 9.17) is 10.5 Å². The number of alkyl halides is 3. The number of ether oxygens (including phenoxy) is 1. The second kappa shape index (κ2) is 6.60. The van der Waals surface area contributed by atoms with E-state index in [1.807, 2.05) is 0 Å². The minimum Gasteiger partial charge on any atom is -0.378 e. The van der Waals surface area contributed by atoms with Gasteiger partial charge < -0.3 is 20.3 Å². The van der Waals surface area contributed by atoms with Crippen LogP contribution in [0.4, 0.5) is 13.2 Å². The maximum Gasteiger partial charge on any atom is 0.406 e. The molecule has 0 aromatic carbocycles. The van der Waals surface area contributed by atoms with Gasteiger partial charge in [-0.1, -0.05) is 0 Å². The van der Waals surface area contributed by atoms with Crippen molar-refractivity contribution in [2.45, 2.75) is 6.18 Å². The van der Waals surface area contributed by atoms with Gasteiger partial charge in [-0.2, -0.15) is 13.2 Å². The van der Waals surface area contributed by atoms with Crippen LogP contribution in [0.2, 0.25) is 0 Å². The largest absolute Gasteiger partial charge is 0.406 e. The number of rotatable bonds is 3. The minimum absolute atomic E-state index is 0.150.